The molecule has 0 aliphatic carbocycles. The van der Waals surface area contributed by atoms with E-state index in [1.807, 2.05) is 77.1 Å². The highest BCUT2D eigenvalue weighted by atomic mass is 16.5. The minimum atomic E-state index is -0.273. The van der Waals surface area contributed by atoms with Gasteiger partial charge in [0.15, 0.2) is 23.0 Å². The third kappa shape index (κ3) is 5.75. The summed E-state index contributed by atoms with van der Waals surface area (Å²) in [4.78, 5) is 0. The fourth-order valence-electron chi connectivity index (χ4n) is 3.51. The molecule has 0 amide bonds. The minimum absolute atomic E-state index is 0.271. The van der Waals surface area contributed by atoms with E-state index in [1.165, 1.54) is 0 Å². The summed E-state index contributed by atoms with van der Waals surface area (Å²) in [5.74, 6) is 4.52. The zero-order valence-electron chi connectivity index (χ0n) is 20.8. The van der Waals surface area contributed by atoms with Crippen molar-refractivity contribution in [3.05, 3.63) is 47.5 Å². The molecule has 2 heterocycles. The predicted molar refractivity (Wildman–Crippen MR) is 131 cm³/mol. The van der Waals surface area contributed by atoms with Crippen molar-refractivity contribution in [2.24, 2.45) is 0 Å². The topological polar surface area (TPSA) is 55.4 Å². The van der Waals surface area contributed by atoms with Crippen LogP contribution in [-0.2, 0) is 0 Å². The van der Waals surface area contributed by atoms with Crippen molar-refractivity contribution in [3.8, 4) is 34.5 Å². The molecule has 0 N–H and O–H groups in total. The van der Waals surface area contributed by atoms with E-state index in [9.17, 15) is 0 Å². The van der Waals surface area contributed by atoms with Crippen LogP contribution in [0.1, 0.15) is 45.7 Å². The second-order valence-corrected chi connectivity index (χ2v) is 8.80. The van der Waals surface area contributed by atoms with E-state index < -0.39 is 0 Å². The Morgan fingerprint density at radius 3 is 1.45 bits per heavy atom. The first-order chi connectivity index (χ1) is 15.6. The molecule has 0 unspecified atom stereocenters. The molecular formula is C27H34O6. The maximum absolute atomic E-state index is 5.88. The lowest BCUT2D eigenvalue weighted by atomic mass is 10.0. The Bertz CT molecular complexity index is 1050. The zero-order valence-corrected chi connectivity index (χ0v) is 20.8. The molecule has 4 rings (SSSR count). The Kier molecular flexibility index (Phi) is 7.15. The fraction of sp³-hybridized carbons (Fsp3) is 0.407. The van der Waals surface area contributed by atoms with Gasteiger partial charge in [-0.15, -0.1) is 0 Å². The van der Waals surface area contributed by atoms with Crippen molar-refractivity contribution in [2.45, 2.75) is 45.8 Å². The van der Waals surface area contributed by atoms with Crippen molar-refractivity contribution in [3.63, 3.8) is 0 Å². The summed E-state index contributed by atoms with van der Waals surface area (Å²) < 4.78 is 33.0. The molecule has 0 fully saturated rings. The van der Waals surface area contributed by atoms with Crippen LogP contribution >= 0.6 is 0 Å². The summed E-state index contributed by atoms with van der Waals surface area (Å²) in [5.41, 5.74) is 1.49. The van der Waals surface area contributed by atoms with Gasteiger partial charge in [0.2, 0.25) is 0 Å². The number of hydrogen-bond acceptors (Lipinski definition) is 6. The van der Waals surface area contributed by atoms with Gasteiger partial charge in [-0.2, -0.15) is 0 Å². The lowest BCUT2D eigenvalue weighted by Gasteiger charge is -2.28. The van der Waals surface area contributed by atoms with E-state index in [0.717, 1.165) is 34.1 Å². The second-order valence-electron chi connectivity index (χ2n) is 8.80. The van der Waals surface area contributed by atoms with E-state index in [2.05, 4.69) is 6.08 Å². The number of hydrogen-bond donors (Lipinski definition) is 0. The monoisotopic (exact) mass is 454 g/mol. The van der Waals surface area contributed by atoms with E-state index in [1.54, 1.807) is 21.3 Å². The van der Waals surface area contributed by atoms with Crippen molar-refractivity contribution in [1.82, 2.24) is 0 Å². The molecule has 2 aliphatic heterocycles. The number of benzene rings is 2. The molecule has 0 aromatic heterocycles. The maximum atomic E-state index is 5.88. The lowest BCUT2D eigenvalue weighted by Crippen LogP contribution is -2.27. The number of methoxy groups -OCH3 is 3. The number of fused-ring (bicyclic) bond motifs is 2. The highest BCUT2D eigenvalue weighted by Gasteiger charge is 2.24. The van der Waals surface area contributed by atoms with Crippen molar-refractivity contribution >= 4 is 12.2 Å². The zero-order chi connectivity index (χ0) is 24.2. The molecule has 0 saturated carbocycles. The molecular weight excluding hydrogens is 420 g/mol. The van der Waals surface area contributed by atoms with Crippen LogP contribution in [0.15, 0.2) is 36.4 Å². The average Bonchev–Trinajstić information content (AvgIpc) is 2.77. The molecule has 0 atom stereocenters. The molecule has 6 heteroatoms. The summed E-state index contributed by atoms with van der Waals surface area (Å²) in [6.45, 7) is 10.6. The normalized spacial score (nSPS) is 16.1. The Balaban J connectivity index is 0.000000186. The largest absolute Gasteiger partial charge is 0.493 e. The van der Waals surface area contributed by atoms with Gasteiger partial charge in [-0.05, 0) is 58.9 Å². The van der Waals surface area contributed by atoms with E-state index in [-0.39, 0.29) is 11.2 Å². The Labute approximate surface area is 196 Å². The van der Waals surface area contributed by atoms with Gasteiger partial charge >= 0.3 is 0 Å². The van der Waals surface area contributed by atoms with E-state index >= 15 is 0 Å². The summed E-state index contributed by atoms with van der Waals surface area (Å²) in [6, 6.07) is 7.61. The van der Waals surface area contributed by atoms with Crippen LogP contribution in [-0.4, -0.2) is 39.1 Å². The maximum Gasteiger partial charge on any atom is 0.164 e. The number of rotatable bonds is 5. The third-order valence-corrected chi connectivity index (χ3v) is 5.19. The number of ether oxygens (including phenoxy) is 6. The Morgan fingerprint density at radius 1 is 0.636 bits per heavy atom. The van der Waals surface area contributed by atoms with Gasteiger partial charge in [0.05, 0.1) is 27.9 Å². The van der Waals surface area contributed by atoms with Crippen LogP contribution in [0.2, 0.25) is 0 Å². The van der Waals surface area contributed by atoms with Gasteiger partial charge < -0.3 is 28.4 Å². The first-order valence-corrected chi connectivity index (χ1v) is 11.0. The van der Waals surface area contributed by atoms with E-state index in [0.29, 0.717) is 18.1 Å². The van der Waals surface area contributed by atoms with Gasteiger partial charge in [-0.3, -0.25) is 0 Å². The lowest BCUT2D eigenvalue weighted by molar-refractivity contribution is 0.157. The standard InChI is InChI=1S/C14H18O3.C13H16O3/c1-5-16-13-9-11-10(8-12(13)15-4)6-7-14(2,3)17-11;1-13(2)6-5-9-7-11(14-3)12(15-4)8-10(9)16-13/h6-9H,5H2,1-4H3;5-8H,1-4H3. The van der Waals surface area contributed by atoms with Crippen LogP contribution in [0, 0.1) is 0 Å². The summed E-state index contributed by atoms with van der Waals surface area (Å²) in [7, 11) is 4.89. The molecule has 178 valence electrons. The molecule has 33 heavy (non-hydrogen) atoms. The molecule has 6 nitrogen and oxygen atoms in total. The smallest absolute Gasteiger partial charge is 0.164 e. The molecule has 0 radical (unpaired) electrons. The average molecular weight is 455 g/mol. The van der Waals surface area contributed by atoms with Gasteiger partial charge in [-0.25, -0.2) is 0 Å². The van der Waals surface area contributed by atoms with Crippen LogP contribution in [0.25, 0.3) is 12.2 Å². The molecule has 0 bridgehead atoms. The van der Waals surface area contributed by atoms with Crippen LogP contribution in [0.3, 0.4) is 0 Å². The molecule has 2 aromatic rings. The molecule has 2 aliphatic rings. The van der Waals surface area contributed by atoms with Crippen LogP contribution in [0.4, 0.5) is 0 Å². The first-order valence-electron chi connectivity index (χ1n) is 11.0. The van der Waals surface area contributed by atoms with Crippen molar-refractivity contribution in [2.75, 3.05) is 27.9 Å². The molecule has 2 aromatic carbocycles. The van der Waals surface area contributed by atoms with Crippen LogP contribution in [0.5, 0.6) is 34.5 Å². The minimum Gasteiger partial charge on any atom is -0.493 e. The van der Waals surface area contributed by atoms with Gasteiger partial charge in [-0.1, -0.05) is 12.2 Å². The van der Waals surface area contributed by atoms with Crippen LogP contribution < -0.4 is 28.4 Å². The summed E-state index contributed by atoms with van der Waals surface area (Å²) >= 11 is 0. The van der Waals surface area contributed by atoms with Crippen molar-refractivity contribution < 1.29 is 28.4 Å². The highest BCUT2D eigenvalue weighted by molar-refractivity contribution is 5.67. The van der Waals surface area contributed by atoms with Gasteiger partial charge in [0.1, 0.15) is 22.7 Å². The third-order valence-electron chi connectivity index (χ3n) is 5.19. The summed E-state index contributed by atoms with van der Waals surface area (Å²) in [6.07, 6.45) is 8.16. The summed E-state index contributed by atoms with van der Waals surface area (Å²) in [5, 5.41) is 0. The Morgan fingerprint density at radius 2 is 1.03 bits per heavy atom. The molecule has 0 saturated heterocycles. The van der Waals surface area contributed by atoms with Gasteiger partial charge in [0, 0.05) is 23.3 Å². The fourth-order valence-corrected chi connectivity index (χ4v) is 3.51. The quantitative estimate of drug-likeness (QED) is 0.539. The molecule has 0 spiro atoms. The van der Waals surface area contributed by atoms with Crippen molar-refractivity contribution in [1.29, 1.82) is 0 Å². The van der Waals surface area contributed by atoms with E-state index in [4.69, 9.17) is 28.4 Å². The second kappa shape index (κ2) is 9.69. The predicted octanol–water partition coefficient (Wildman–Crippen LogP) is 6.17. The SMILES string of the molecule is CCOc1cc2c(cc1OC)C=CC(C)(C)O2.COc1cc2c(cc1OC)OC(C)(C)C=C2. The Hall–Kier alpha value is -3.28. The first kappa shape index (κ1) is 24.4. The highest BCUT2D eigenvalue weighted by Crippen LogP contribution is 2.40. The van der Waals surface area contributed by atoms with Gasteiger partial charge in [0.25, 0.3) is 0 Å².